The second kappa shape index (κ2) is 3.55. The Morgan fingerprint density at radius 2 is 2.12 bits per heavy atom. The first-order valence-electron chi connectivity index (χ1n) is 4.64. The largest absolute Gasteiger partial charge is 0.324 e. The van der Waals surface area contributed by atoms with E-state index in [1.807, 2.05) is 0 Å². The summed E-state index contributed by atoms with van der Waals surface area (Å²) < 4.78 is 36.4. The average molecular weight is 243 g/mol. The molecule has 1 fully saturated rings. The number of sulfone groups is 1. The minimum absolute atomic E-state index is 0.286. The molecule has 1 unspecified atom stereocenters. The van der Waals surface area contributed by atoms with Gasteiger partial charge in [-0.25, -0.2) is 12.8 Å². The first-order valence-corrected chi connectivity index (χ1v) is 6.36. The van der Waals surface area contributed by atoms with Crippen molar-refractivity contribution >= 4 is 15.7 Å². The SMILES string of the molecule is CN1C(=O)CS(=O)(=O)C1c1cccc(F)c1. The van der Waals surface area contributed by atoms with Gasteiger partial charge in [0.05, 0.1) is 0 Å². The number of carbonyl (C=O) groups excluding carboxylic acids is 1. The zero-order valence-electron chi connectivity index (χ0n) is 8.55. The molecule has 0 aliphatic carbocycles. The molecule has 0 radical (unpaired) electrons. The van der Waals surface area contributed by atoms with Gasteiger partial charge in [-0.2, -0.15) is 0 Å². The molecule has 1 atom stereocenters. The highest BCUT2D eigenvalue weighted by Gasteiger charge is 2.42. The first kappa shape index (κ1) is 11.1. The highest BCUT2D eigenvalue weighted by Crippen LogP contribution is 2.32. The summed E-state index contributed by atoms with van der Waals surface area (Å²) in [6, 6.07) is 5.29. The Kier molecular flexibility index (Phi) is 2.46. The smallest absolute Gasteiger partial charge is 0.238 e. The second-order valence-corrected chi connectivity index (χ2v) is 5.78. The Labute approximate surface area is 92.6 Å². The molecule has 0 spiro atoms. The normalized spacial score (nSPS) is 23.8. The summed E-state index contributed by atoms with van der Waals surface area (Å²) in [4.78, 5) is 12.4. The van der Waals surface area contributed by atoms with Crippen molar-refractivity contribution in [3.05, 3.63) is 35.6 Å². The van der Waals surface area contributed by atoms with Crippen LogP contribution in [0.2, 0.25) is 0 Å². The maximum absolute atomic E-state index is 13.0. The molecule has 2 rings (SSSR count). The Balaban J connectivity index is 2.52. The van der Waals surface area contributed by atoms with Gasteiger partial charge < -0.3 is 4.90 Å². The molecule has 4 nitrogen and oxygen atoms in total. The van der Waals surface area contributed by atoms with Gasteiger partial charge in [0.25, 0.3) is 0 Å². The molecule has 1 aliphatic heterocycles. The summed E-state index contributed by atoms with van der Waals surface area (Å²) >= 11 is 0. The van der Waals surface area contributed by atoms with Crippen LogP contribution < -0.4 is 0 Å². The molecule has 0 aromatic heterocycles. The Bertz CT molecular complexity index is 541. The maximum Gasteiger partial charge on any atom is 0.238 e. The van der Waals surface area contributed by atoms with Gasteiger partial charge >= 0.3 is 0 Å². The summed E-state index contributed by atoms with van der Waals surface area (Å²) in [7, 11) is -2.14. The third kappa shape index (κ3) is 1.69. The number of amides is 1. The lowest BCUT2D eigenvalue weighted by molar-refractivity contribution is -0.126. The van der Waals surface area contributed by atoms with E-state index in [1.165, 1.54) is 25.2 Å². The van der Waals surface area contributed by atoms with Crippen LogP contribution in [-0.4, -0.2) is 32.0 Å². The maximum atomic E-state index is 13.0. The lowest BCUT2D eigenvalue weighted by Gasteiger charge is -2.18. The van der Waals surface area contributed by atoms with Gasteiger partial charge in [0.2, 0.25) is 5.91 Å². The lowest BCUT2D eigenvalue weighted by atomic mass is 10.2. The molecule has 0 N–H and O–H groups in total. The number of rotatable bonds is 1. The Morgan fingerprint density at radius 1 is 1.44 bits per heavy atom. The standard InChI is InChI=1S/C10H10FNO3S/c1-12-9(13)6-16(14,15)10(12)7-3-2-4-8(11)5-7/h2-5,10H,6H2,1H3. The van der Waals surface area contributed by atoms with Gasteiger partial charge in [-0.15, -0.1) is 0 Å². The predicted molar refractivity (Wildman–Crippen MR) is 55.7 cm³/mol. The van der Waals surface area contributed by atoms with Gasteiger partial charge in [0, 0.05) is 7.05 Å². The van der Waals surface area contributed by atoms with Crippen molar-refractivity contribution in [2.75, 3.05) is 12.8 Å². The van der Waals surface area contributed by atoms with E-state index >= 15 is 0 Å². The average Bonchev–Trinajstić information content (AvgIpc) is 2.35. The number of carbonyl (C=O) groups is 1. The zero-order chi connectivity index (χ0) is 11.9. The van der Waals surface area contributed by atoms with Crippen LogP contribution in [0.25, 0.3) is 0 Å². The Morgan fingerprint density at radius 3 is 2.62 bits per heavy atom. The van der Waals surface area contributed by atoms with E-state index in [-0.39, 0.29) is 5.56 Å². The number of hydrogen-bond donors (Lipinski definition) is 0. The van der Waals surface area contributed by atoms with Gasteiger partial charge in [0.15, 0.2) is 15.2 Å². The minimum Gasteiger partial charge on any atom is -0.324 e. The molecule has 1 heterocycles. The number of hydrogen-bond acceptors (Lipinski definition) is 3. The van der Waals surface area contributed by atoms with E-state index in [2.05, 4.69) is 0 Å². The third-order valence-corrected chi connectivity index (χ3v) is 4.46. The molecule has 1 aromatic carbocycles. The zero-order valence-corrected chi connectivity index (χ0v) is 9.37. The third-order valence-electron chi connectivity index (χ3n) is 2.54. The van der Waals surface area contributed by atoms with Crippen LogP contribution in [0.3, 0.4) is 0 Å². The van der Waals surface area contributed by atoms with Crippen molar-refractivity contribution in [1.82, 2.24) is 4.90 Å². The van der Waals surface area contributed by atoms with Gasteiger partial charge in [-0.3, -0.25) is 4.79 Å². The van der Waals surface area contributed by atoms with E-state index < -0.39 is 32.7 Å². The minimum atomic E-state index is -3.55. The number of nitrogens with zero attached hydrogens (tertiary/aromatic N) is 1. The van der Waals surface area contributed by atoms with Crippen LogP contribution in [0.15, 0.2) is 24.3 Å². The van der Waals surface area contributed by atoms with E-state index in [9.17, 15) is 17.6 Å². The molecule has 1 amide bonds. The van der Waals surface area contributed by atoms with Crippen molar-refractivity contribution in [2.24, 2.45) is 0 Å². The van der Waals surface area contributed by atoms with E-state index in [1.54, 1.807) is 0 Å². The van der Waals surface area contributed by atoms with Crippen LogP contribution in [-0.2, 0) is 14.6 Å². The van der Waals surface area contributed by atoms with Crippen molar-refractivity contribution in [1.29, 1.82) is 0 Å². The molecular formula is C10H10FNO3S. The van der Waals surface area contributed by atoms with Gasteiger partial charge in [-0.05, 0) is 17.7 Å². The van der Waals surface area contributed by atoms with Crippen molar-refractivity contribution in [3.63, 3.8) is 0 Å². The summed E-state index contributed by atoms with van der Waals surface area (Å²) in [5.41, 5.74) is 0.286. The number of benzene rings is 1. The fourth-order valence-electron chi connectivity index (χ4n) is 1.82. The second-order valence-electron chi connectivity index (χ2n) is 3.72. The quantitative estimate of drug-likeness (QED) is 0.730. The van der Waals surface area contributed by atoms with Crippen molar-refractivity contribution in [2.45, 2.75) is 5.37 Å². The molecule has 86 valence electrons. The summed E-state index contributed by atoms with van der Waals surface area (Å²) in [6.45, 7) is 0. The highest BCUT2D eigenvalue weighted by molar-refractivity contribution is 7.92. The fraction of sp³-hybridized carbons (Fsp3) is 0.300. The molecule has 1 aliphatic rings. The van der Waals surface area contributed by atoms with Crippen LogP contribution >= 0.6 is 0 Å². The predicted octanol–water partition coefficient (Wildman–Crippen LogP) is 0.711. The molecule has 1 aromatic rings. The van der Waals surface area contributed by atoms with Crippen LogP contribution in [0.5, 0.6) is 0 Å². The molecular weight excluding hydrogens is 233 g/mol. The monoisotopic (exact) mass is 243 g/mol. The highest BCUT2D eigenvalue weighted by atomic mass is 32.2. The van der Waals surface area contributed by atoms with E-state index in [0.717, 1.165) is 11.0 Å². The molecule has 0 saturated carbocycles. The molecule has 1 saturated heterocycles. The van der Waals surface area contributed by atoms with E-state index in [0.29, 0.717) is 0 Å². The first-order chi connectivity index (χ1) is 7.42. The Hall–Kier alpha value is -1.43. The van der Waals surface area contributed by atoms with Gasteiger partial charge in [-0.1, -0.05) is 12.1 Å². The molecule has 16 heavy (non-hydrogen) atoms. The number of halogens is 1. The van der Waals surface area contributed by atoms with E-state index in [4.69, 9.17) is 0 Å². The van der Waals surface area contributed by atoms with Crippen LogP contribution in [0.4, 0.5) is 4.39 Å². The molecule has 0 bridgehead atoms. The topological polar surface area (TPSA) is 54.5 Å². The molecule has 6 heteroatoms. The van der Waals surface area contributed by atoms with Crippen molar-refractivity contribution < 1.29 is 17.6 Å². The summed E-state index contributed by atoms with van der Waals surface area (Å²) in [6.07, 6.45) is 0. The fourth-order valence-corrected chi connectivity index (χ4v) is 3.68. The van der Waals surface area contributed by atoms with Crippen LogP contribution in [0.1, 0.15) is 10.9 Å². The van der Waals surface area contributed by atoms with Crippen molar-refractivity contribution in [3.8, 4) is 0 Å². The summed E-state index contributed by atoms with van der Waals surface area (Å²) in [5.74, 6) is -1.49. The van der Waals surface area contributed by atoms with Gasteiger partial charge in [0.1, 0.15) is 11.6 Å². The lowest BCUT2D eigenvalue weighted by Crippen LogP contribution is -2.24. The summed E-state index contributed by atoms with van der Waals surface area (Å²) in [5, 5.41) is -1.06. The van der Waals surface area contributed by atoms with Crippen LogP contribution in [0, 0.1) is 5.82 Å².